The number of rotatable bonds is 6. The fourth-order valence-electron chi connectivity index (χ4n) is 1.82. The van der Waals surface area contributed by atoms with Crippen LogP contribution < -0.4 is 4.72 Å². The van der Waals surface area contributed by atoms with E-state index in [9.17, 15) is 12.8 Å². The minimum absolute atomic E-state index is 0.0654. The van der Waals surface area contributed by atoms with Gasteiger partial charge in [-0.15, -0.1) is 0 Å². The molecule has 2 N–H and O–H groups in total. The van der Waals surface area contributed by atoms with E-state index in [-0.39, 0.29) is 22.1 Å². The van der Waals surface area contributed by atoms with Crippen molar-refractivity contribution in [1.29, 1.82) is 0 Å². The number of aliphatic hydroxyl groups excluding tert-OH is 1. The Hall–Kier alpha value is -0.980. The summed E-state index contributed by atoms with van der Waals surface area (Å²) in [7, 11) is -3.77. The van der Waals surface area contributed by atoms with Crippen molar-refractivity contribution in [2.75, 3.05) is 0 Å². The monoisotopic (exact) mass is 289 g/mol. The minimum atomic E-state index is -3.77. The molecule has 4 nitrogen and oxygen atoms in total. The lowest BCUT2D eigenvalue weighted by Gasteiger charge is -2.17. The van der Waals surface area contributed by atoms with Gasteiger partial charge < -0.3 is 5.11 Å². The van der Waals surface area contributed by atoms with Gasteiger partial charge in [0.15, 0.2) is 0 Å². The summed E-state index contributed by atoms with van der Waals surface area (Å²) in [6, 6.07) is 2.28. The Bertz CT molecular complexity index is 539. The molecule has 0 radical (unpaired) electrons. The molecule has 0 amide bonds. The molecular formula is C13H20FNO3S. The molecule has 0 fully saturated rings. The van der Waals surface area contributed by atoms with Crippen LogP contribution in [0.4, 0.5) is 4.39 Å². The highest BCUT2D eigenvalue weighted by Gasteiger charge is 2.22. The molecule has 1 aromatic carbocycles. The average molecular weight is 289 g/mol. The molecule has 0 saturated heterocycles. The SMILES string of the molecule is CCC(CC)NS(=O)(=O)c1cc(CO)cc(F)c1C. The summed E-state index contributed by atoms with van der Waals surface area (Å²) in [6.07, 6.45) is 1.33. The van der Waals surface area contributed by atoms with Crippen LogP contribution in [0.5, 0.6) is 0 Å². The highest BCUT2D eigenvalue weighted by Crippen LogP contribution is 2.21. The predicted octanol–water partition coefficient (Wildman–Crippen LogP) is 2.09. The Kier molecular flexibility index (Phi) is 5.46. The lowest BCUT2D eigenvalue weighted by atomic mass is 10.1. The van der Waals surface area contributed by atoms with Crippen LogP contribution in [-0.2, 0) is 16.6 Å². The van der Waals surface area contributed by atoms with E-state index in [2.05, 4.69) is 4.72 Å². The number of hydrogen-bond acceptors (Lipinski definition) is 3. The second-order valence-corrected chi connectivity index (χ2v) is 6.18. The lowest BCUT2D eigenvalue weighted by molar-refractivity contribution is 0.281. The summed E-state index contributed by atoms with van der Waals surface area (Å²) < 4.78 is 40.7. The summed E-state index contributed by atoms with van der Waals surface area (Å²) in [5, 5.41) is 9.04. The number of benzene rings is 1. The molecule has 0 heterocycles. The maximum atomic E-state index is 13.7. The maximum Gasteiger partial charge on any atom is 0.241 e. The lowest BCUT2D eigenvalue weighted by Crippen LogP contribution is -2.34. The summed E-state index contributed by atoms with van der Waals surface area (Å²) >= 11 is 0. The predicted molar refractivity (Wildman–Crippen MR) is 71.8 cm³/mol. The number of aliphatic hydroxyl groups is 1. The molecule has 1 aromatic rings. The molecule has 6 heteroatoms. The number of nitrogens with one attached hydrogen (secondary N) is 1. The molecule has 0 aromatic heterocycles. The third-order valence-electron chi connectivity index (χ3n) is 3.14. The molecule has 0 unspecified atom stereocenters. The number of sulfonamides is 1. The maximum absolute atomic E-state index is 13.7. The Morgan fingerprint density at radius 1 is 1.32 bits per heavy atom. The van der Waals surface area contributed by atoms with Gasteiger partial charge in [-0.2, -0.15) is 0 Å². The van der Waals surface area contributed by atoms with Crippen molar-refractivity contribution in [2.24, 2.45) is 0 Å². The molecule has 0 bridgehead atoms. The van der Waals surface area contributed by atoms with Crippen LogP contribution in [0, 0.1) is 12.7 Å². The van der Waals surface area contributed by atoms with E-state index in [4.69, 9.17) is 5.11 Å². The Labute approximate surface area is 113 Å². The van der Waals surface area contributed by atoms with Gasteiger partial charge in [0.25, 0.3) is 0 Å². The second kappa shape index (κ2) is 6.45. The van der Waals surface area contributed by atoms with Crippen molar-refractivity contribution in [3.63, 3.8) is 0 Å². The normalized spacial score (nSPS) is 12.1. The van der Waals surface area contributed by atoms with Crippen molar-refractivity contribution in [3.8, 4) is 0 Å². The second-order valence-electron chi connectivity index (χ2n) is 4.49. The average Bonchev–Trinajstić information content (AvgIpc) is 2.38. The van der Waals surface area contributed by atoms with Gasteiger partial charge in [0.05, 0.1) is 11.5 Å². The molecular weight excluding hydrogens is 269 g/mol. The van der Waals surface area contributed by atoms with Crippen molar-refractivity contribution < 1.29 is 17.9 Å². The van der Waals surface area contributed by atoms with Crippen LogP contribution >= 0.6 is 0 Å². The van der Waals surface area contributed by atoms with Gasteiger partial charge in [0.2, 0.25) is 10.0 Å². The first kappa shape index (κ1) is 16.1. The zero-order chi connectivity index (χ0) is 14.6. The van der Waals surface area contributed by atoms with Crippen LogP contribution in [0.1, 0.15) is 37.8 Å². The molecule has 0 aliphatic carbocycles. The highest BCUT2D eigenvalue weighted by molar-refractivity contribution is 7.89. The molecule has 1 rings (SSSR count). The first-order valence-corrected chi connectivity index (χ1v) is 7.76. The Balaban J connectivity index is 3.24. The van der Waals surface area contributed by atoms with Crippen LogP contribution in [0.25, 0.3) is 0 Å². The van der Waals surface area contributed by atoms with Crippen LogP contribution in [0.3, 0.4) is 0 Å². The zero-order valence-corrected chi connectivity index (χ0v) is 12.2. The highest BCUT2D eigenvalue weighted by atomic mass is 32.2. The van der Waals surface area contributed by atoms with E-state index in [1.807, 2.05) is 13.8 Å². The molecule has 19 heavy (non-hydrogen) atoms. The van der Waals surface area contributed by atoms with E-state index in [0.717, 1.165) is 6.07 Å². The van der Waals surface area contributed by atoms with Gasteiger partial charge >= 0.3 is 0 Å². The van der Waals surface area contributed by atoms with E-state index in [1.165, 1.54) is 13.0 Å². The molecule has 0 aliphatic heterocycles. The standard InChI is InChI=1S/C13H20FNO3S/c1-4-11(5-2)15-19(17,18)13-7-10(8-16)6-12(14)9(13)3/h6-7,11,15-16H,4-5,8H2,1-3H3. The summed E-state index contributed by atoms with van der Waals surface area (Å²) in [4.78, 5) is -0.108. The van der Waals surface area contributed by atoms with Gasteiger partial charge in [-0.05, 0) is 37.5 Å². The molecule has 0 saturated carbocycles. The van der Waals surface area contributed by atoms with Gasteiger partial charge in [-0.3, -0.25) is 0 Å². The van der Waals surface area contributed by atoms with Gasteiger partial charge in [0, 0.05) is 11.6 Å². The van der Waals surface area contributed by atoms with Crippen molar-refractivity contribution in [2.45, 2.75) is 51.2 Å². The fraction of sp³-hybridized carbons (Fsp3) is 0.538. The number of hydrogen-bond donors (Lipinski definition) is 2. The zero-order valence-electron chi connectivity index (χ0n) is 11.4. The van der Waals surface area contributed by atoms with E-state index in [1.54, 1.807) is 0 Å². The third-order valence-corrected chi connectivity index (χ3v) is 4.78. The van der Waals surface area contributed by atoms with Crippen LogP contribution in [0.15, 0.2) is 17.0 Å². The summed E-state index contributed by atoms with van der Waals surface area (Å²) in [5.74, 6) is -0.628. The molecule has 0 spiro atoms. The quantitative estimate of drug-likeness (QED) is 0.842. The van der Waals surface area contributed by atoms with Crippen molar-refractivity contribution >= 4 is 10.0 Å². The topological polar surface area (TPSA) is 66.4 Å². The van der Waals surface area contributed by atoms with Gasteiger partial charge in [-0.25, -0.2) is 17.5 Å². The fourth-order valence-corrected chi connectivity index (χ4v) is 3.52. The summed E-state index contributed by atoms with van der Waals surface area (Å²) in [6.45, 7) is 4.78. The Morgan fingerprint density at radius 2 is 1.89 bits per heavy atom. The first-order valence-electron chi connectivity index (χ1n) is 6.27. The van der Waals surface area contributed by atoms with Crippen molar-refractivity contribution in [1.82, 2.24) is 4.72 Å². The summed E-state index contributed by atoms with van der Waals surface area (Å²) in [5.41, 5.74) is 0.309. The smallest absolute Gasteiger partial charge is 0.241 e. The first-order chi connectivity index (χ1) is 8.85. The third kappa shape index (κ3) is 3.75. The largest absolute Gasteiger partial charge is 0.392 e. The molecule has 0 aliphatic rings. The van der Waals surface area contributed by atoms with Gasteiger partial charge in [0.1, 0.15) is 5.82 Å². The minimum Gasteiger partial charge on any atom is -0.392 e. The molecule has 108 valence electrons. The van der Waals surface area contributed by atoms with E-state index < -0.39 is 22.4 Å². The van der Waals surface area contributed by atoms with Crippen LogP contribution in [-0.4, -0.2) is 19.6 Å². The number of halogens is 1. The van der Waals surface area contributed by atoms with E-state index in [0.29, 0.717) is 12.8 Å². The van der Waals surface area contributed by atoms with E-state index >= 15 is 0 Å². The van der Waals surface area contributed by atoms with Crippen molar-refractivity contribution in [3.05, 3.63) is 29.1 Å². The van der Waals surface area contributed by atoms with Gasteiger partial charge in [-0.1, -0.05) is 13.8 Å². The van der Waals surface area contributed by atoms with Crippen LogP contribution in [0.2, 0.25) is 0 Å². The molecule has 0 atom stereocenters. The Morgan fingerprint density at radius 3 is 2.37 bits per heavy atom.